The molecule has 1 aromatic heterocycles. The third-order valence-corrected chi connectivity index (χ3v) is 3.76. The van der Waals surface area contributed by atoms with Gasteiger partial charge in [0.15, 0.2) is 0 Å². The van der Waals surface area contributed by atoms with Crippen LogP contribution in [-0.4, -0.2) is 30.3 Å². The zero-order valence-corrected chi connectivity index (χ0v) is 14.7. The summed E-state index contributed by atoms with van der Waals surface area (Å²) in [7, 11) is 0. The first-order valence-electron chi connectivity index (χ1n) is 8.05. The number of hydrogen-bond acceptors (Lipinski definition) is 5. The molecule has 0 aliphatic heterocycles. The fraction of sp³-hybridized carbons (Fsp3) is 0.368. The summed E-state index contributed by atoms with van der Waals surface area (Å²) in [6.07, 6.45) is -0.0949. The highest BCUT2D eigenvalue weighted by Crippen LogP contribution is 2.24. The third-order valence-electron chi connectivity index (χ3n) is 3.76. The normalized spacial score (nSPS) is 12.0. The number of aliphatic hydroxyl groups is 1. The van der Waals surface area contributed by atoms with Crippen LogP contribution in [0.4, 0.5) is 0 Å². The average molecular weight is 345 g/mol. The molecule has 6 heteroatoms. The second kappa shape index (κ2) is 7.98. The zero-order chi connectivity index (χ0) is 18.6. The van der Waals surface area contributed by atoms with Crippen molar-refractivity contribution in [2.24, 2.45) is 0 Å². The molecular weight excluding hydrogens is 322 g/mol. The van der Waals surface area contributed by atoms with E-state index in [9.17, 15) is 9.59 Å². The Kier molecular flexibility index (Phi) is 5.98. The molecule has 6 nitrogen and oxygen atoms in total. The fourth-order valence-corrected chi connectivity index (χ4v) is 2.41. The van der Waals surface area contributed by atoms with Gasteiger partial charge in [0, 0.05) is 17.5 Å². The second-order valence-electron chi connectivity index (χ2n) is 6.22. The molecule has 1 atom stereocenters. The first kappa shape index (κ1) is 18.7. The van der Waals surface area contributed by atoms with Gasteiger partial charge in [-0.25, -0.2) is 4.79 Å². The summed E-state index contributed by atoms with van der Waals surface area (Å²) < 4.78 is 10.9. The Bertz CT molecular complexity index is 853. The molecule has 2 rings (SSSR count). The summed E-state index contributed by atoms with van der Waals surface area (Å²) in [4.78, 5) is 24.3. The maximum atomic E-state index is 12.3. The molecule has 0 saturated carbocycles. The highest BCUT2D eigenvalue weighted by molar-refractivity contribution is 5.85. The minimum absolute atomic E-state index is 0.0949. The predicted molar refractivity (Wildman–Crippen MR) is 95.9 cm³/mol. The van der Waals surface area contributed by atoms with Gasteiger partial charge in [0.1, 0.15) is 17.9 Å². The molecule has 1 unspecified atom stereocenters. The van der Waals surface area contributed by atoms with Crippen molar-refractivity contribution in [2.75, 3.05) is 13.2 Å². The van der Waals surface area contributed by atoms with Gasteiger partial charge in [-0.3, -0.25) is 4.79 Å². The Morgan fingerprint density at radius 3 is 2.80 bits per heavy atom. The molecule has 0 radical (unpaired) electrons. The van der Waals surface area contributed by atoms with Crippen molar-refractivity contribution in [3.8, 4) is 5.75 Å². The fourth-order valence-electron chi connectivity index (χ4n) is 2.41. The maximum absolute atomic E-state index is 12.3. The Hall–Kier alpha value is -2.60. The van der Waals surface area contributed by atoms with Gasteiger partial charge in [-0.2, -0.15) is 0 Å². The number of ether oxygens (including phenoxy) is 1. The van der Waals surface area contributed by atoms with E-state index >= 15 is 0 Å². The van der Waals surface area contributed by atoms with Crippen LogP contribution in [0.25, 0.3) is 11.0 Å². The van der Waals surface area contributed by atoms with Crippen molar-refractivity contribution in [1.82, 2.24) is 5.32 Å². The van der Waals surface area contributed by atoms with E-state index in [1.54, 1.807) is 32.0 Å². The zero-order valence-electron chi connectivity index (χ0n) is 14.7. The average Bonchev–Trinajstić information content (AvgIpc) is 2.56. The van der Waals surface area contributed by atoms with E-state index in [0.717, 1.165) is 11.0 Å². The van der Waals surface area contributed by atoms with Crippen molar-refractivity contribution < 1.29 is 19.1 Å². The molecule has 1 heterocycles. The summed E-state index contributed by atoms with van der Waals surface area (Å²) >= 11 is 0. The highest BCUT2D eigenvalue weighted by atomic mass is 16.5. The lowest BCUT2D eigenvalue weighted by molar-refractivity contribution is -0.121. The van der Waals surface area contributed by atoms with Crippen LogP contribution in [0.2, 0.25) is 0 Å². The monoisotopic (exact) mass is 345 g/mol. The number of aliphatic hydroxyl groups excluding tert-OH is 1. The van der Waals surface area contributed by atoms with E-state index < -0.39 is 5.63 Å². The molecule has 0 aliphatic carbocycles. The van der Waals surface area contributed by atoms with Gasteiger partial charge in [0.05, 0.1) is 18.6 Å². The molecule has 0 saturated heterocycles. The number of carbonyl (C=O) groups is 1. The summed E-state index contributed by atoms with van der Waals surface area (Å²) in [5.41, 5.74) is 1.76. The van der Waals surface area contributed by atoms with Crippen LogP contribution in [0, 0.1) is 6.92 Å². The summed E-state index contributed by atoms with van der Waals surface area (Å²) in [6, 6.07) is 4.88. The molecule has 1 aromatic carbocycles. The van der Waals surface area contributed by atoms with Crippen LogP contribution in [-0.2, 0) is 11.2 Å². The van der Waals surface area contributed by atoms with Crippen molar-refractivity contribution in [3.63, 3.8) is 0 Å². The number of nitrogens with one attached hydrogen (secondary N) is 1. The van der Waals surface area contributed by atoms with E-state index in [2.05, 4.69) is 11.9 Å². The molecule has 2 N–H and O–H groups in total. The summed E-state index contributed by atoms with van der Waals surface area (Å²) in [5.74, 6) is 0.248. The molecule has 2 aromatic rings. The van der Waals surface area contributed by atoms with Gasteiger partial charge in [-0.05, 0) is 44.0 Å². The smallest absolute Gasteiger partial charge is 0.340 e. The van der Waals surface area contributed by atoms with Gasteiger partial charge >= 0.3 is 5.63 Å². The second-order valence-corrected chi connectivity index (χ2v) is 6.22. The van der Waals surface area contributed by atoms with E-state index in [1.807, 2.05) is 6.92 Å². The first-order valence-corrected chi connectivity index (χ1v) is 8.05. The van der Waals surface area contributed by atoms with E-state index in [-0.39, 0.29) is 25.0 Å². The quantitative estimate of drug-likeness (QED) is 0.592. The predicted octanol–water partition coefficient (Wildman–Crippen LogP) is 2.10. The molecule has 0 aliphatic rings. The van der Waals surface area contributed by atoms with Gasteiger partial charge in [0.25, 0.3) is 0 Å². The Morgan fingerprint density at radius 2 is 2.16 bits per heavy atom. The molecule has 0 bridgehead atoms. The van der Waals surface area contributed by atoms with Gasteiger partial charge < -0.3 is 19.6 Å². The number of amides is 1. The molecule has 134 valence electrons. The van der Waals surface area contributed by atoms with E-state index in [4.69, 9.17) is 14.3 Å². The molecular formula is C19H23NO5. The maximum Gasteiger partial charge on any atom is 0.340 e. The Labute approximate surface area is 146 Å². The van der Waals surface area contributed by atoms with Crippen LogP contribution < -0.4 is 15.7 Å². The van der Waals surface area contributed by atoms with Crippen LogP contribution >= 0.6 is 0 Å². The van der Waals surface area contributed by atoms with Crippen LogP contribution in [0.3, 0.4) is 0 Å². The van der Waals surface area contributed by atoms with Crippen LogP contribution in [0.15, 0.2) is 39.6 Å². The minimum atomic E-state index is -0.547. The van der Waals surface area contributed by atoms with Gasteiger partial charge in [0.2, 0.25) is 5.91 Å². The number of benzene rings is 1. The number of carbonyl (C=O) groups excluding carboxylic acids is 1. The minimum Gasteiger partial charge on any atom is -0.489 e. The number of rotatable bonds is 7. The van der Waals surface area contributed by atoms with Crippen LogP contribution in [0.5, 0.6) is 5.75 Å². The summed E-state index contributed by atoms with van der Waals surface area (Å²) in [6.45, 7) is 9.32. The molecule has 0 spiro atoms. The van der Waals surface area contributed by atoms with Crippen molar-refractivity contribution in [3.05, 3.63) is 51.9 Å². The van der Waals surface area contributed by atoms with E-state index in [1.165, 1.54) is 0 Å². The topological polar surface area (TPSA) is 88.8 Å². The molecule has 1 amide bonds. The number of aryl methyl sites for hydroxylation is 1. The first-order chi connectivity index (χ1) is 11.8. The standard InChI is InChI=1S/C19H23NO5/c1-11(2)10-24-14-5-6-15-13(4)16(19(23)25-17(15)7-14)8-18(22)20-12(3)9-21/h5-7,12,21H,1,8-10H2,2-4H3,(H,20,22). The highest BCUT2D eigenvalue weighted by Gasteiger charge is 2.16. The van der Waals surface area contributed by atoms with E-state index in [0.29, 0.717) is 29.1 Å². The van der Waals surface area contributed by atoms with Gasteiger partial charge in [-0.1, -0.05) is 6.58 Å². The third kappa shape index (κ3) is 4.70. The molecule has 0 fully saturated rings. The van der Waals surface area contributed by atoms with Gasteiger partial charge in [-0.15, -0.1) is 0 Å². The lowest BCUT2D eigenvalue weighted by atomic mass is 10.0. The van der Waals surface area contributed by atoms with Crippen molar-refractivity contribution in [2.45, 2.75) is 33.2 Å². The lowest BCUT2D eigenvalue weighted by Crippen LogP contribution is -2.37. The number of fused-ring (bicyclic) bond motifs is 1. The Morgan fingerprint density at radius 1 is 1.44 bits per heavy atom. The van der Waals surface area contributed by atoms with Crippen molar-refractivity contribution in [1.29, 1.82) is 0 Å². The lowest BCUT2D eigenvalue weighted by Gasteiger charge is -2.12. The largest absolute Gasteiger partial charge is 0.489 e. The molecule has 25 heavy (non-hydrogen) atoms. The number of hydrogen-bond donors (Lipinski definition) is 2. The SMILES string of the molecule is C=C(C)COc1ccc2c(C)c(CC(=O)NC(C)CO)c(=O)oc2c1. The Balaban J connectivity index is 2.31. The van der Waals surface area contributed by atoms with Crippen LogP contribution in [0.1, 0.15) is 25.0 Å². The summed E-state index contributed by atoms with van der Waals surface area (Å²) in [5, 5.41) is 12.4. The van der Waals surface area contributed by atoms with Crippen molar-refractivity contribution >= 4 is 16.9 Å².